The fraction of sp³-hybridized carbons (Fsp3) is 0.429. The molecule has 0 fully saturated rings. The van der Waals surface area contributed by atoms with Crippen LogP contribution in [0.1, 0.15) is 25.0 Å². The lowest BCUT2D eigenvalue weighted by atomic mass is 10.2. The zero-order valence-corrected chi connectivity index (χ0v) is 12.6. The molecule has 0 radical (unpaired) electrons. The number of sulfone groups is 1. The lowest BCUT2D eigenvalue weighted by Gasteiger charge is -2.21. The topological polar surface area (TPSA) is 78.2 Å². The molecule has 0 aliphatic heterocycles. The van der Waals surface area contributed by atoms with Gasteiger partial charge in [0.1, 0.15) is 5.75 Å². The molecule has 0 bridgehead atoms. The van der Waals surface area contributed by atoms with E-state index in [1.54, 1.807) is 31.3 Å². The summed E-state index contributed by atoms with van der Waals surface area (Å²) in [6.45, 7) is 3.65. The molecular weight excluding hydrogens is 276 g/mol. The molecule has 1 amide bonds. The summed E-state index contributed by atoms with van der Waals surface area (Å²) in [6.07, 6.45) is 0. The Morgan fingerprint density at radius 1 is 1.30 bits per heavy atom. The van der Waals surface area contributed by atoms with Crippen molar-refractivity contribution in [2.24, 2.45) is 0 Å². The van der Waals surface area contributed by atoms with Crippen LogP contribution in [-0.2, 0) is 20.4 Å². The van der Waals surface area contributed by atoms with E-state index < -0.39 is 21.5 Å². The van der Waals surface area contributed by atoms with Crippen molar-refractivity contribution in [1.82, 2.24) is 4.90 Å². The van der Waals surface area contributed by atoms with Crippen LogP contribution in [-0.4, -0.2) is 38.1 Å². The normalized spacial score (nSPS) is 11.2. The van der Waals surface area contributed by atoms with Gasteiger partial charge in [-0.1, -0.05) is 12.1 Å². The summed E-state index contributed by atoms with van der Waals surface area (Å²) >= 11 is 0. The van der Waals surface area contributed by atoms with Crippen LogP contribution in [0.4, 0.5) is 0 Å². The van der Waals surface area contributed by atoms with Gasteiger partial charge in [0, 0.05) is 13.1 Å². The van der Waals surface area contributed by atoms with E-state index in [-0.39, 0.29) is 11.8 Å². The number of amides is 1. The molecule has 0 spiro atoms. The second kappa shape index (κ2) is 6.53. The van der Waals surface area contributed by atoms with Crippen molar-refractivity contribution in [1.29, 1.82) is 5.26 Å². The van der Waals surface area contributed by atoms with Gasteiger partial charge in [-0.2, -0.15) is 5.26 Å². The first-order valence-electron chi connectivity index (χ1n) is 6.20. The van der Waals surface area contributed by atoms with Crippen LogP contribution in [0.15, 0.2) is 24.3 Å². The Hall–Kier alpha value is -1.87. The van der Waals surface area contributed by atoms with E-state index in [0.29, 0.717) is 11.1 Å². The largest absolute Gasteiger partial charge is 0.342 e. The number of benzene rings is 1. The van der Waals surface area contributed by atoms with Crippen LogP contribution in [0.25, 0.3) is 0 Å². The molecule has 0 N–H and O–H groups in total. The number of nitriles is 1. The Morgan fingerprint density at radius 2 is 1.85 bits per heavy atom. The Labute approximate surface area is 119 Å². The van der Waals surface area contributed by atoms with Gasteiger partial charge in [-0.3, -0.25) is 4.79 Å². The number of carbonyl (C=O) groups is 1. The van der Waals surface area contributed by atoms with E-state index in [0.717, 1.165) is 0 Å². The maximum atomic E-state index is 12.0. The molecule has 20 heavy (non-hydrogen) atoms. The molecule has 0 aliphatic carbocycles. The minimum Gasteiger partial charge on any atom is -0.342 e. The molecule has 0 aromatic heterocycles. The first-order chi connectivity index (χ1) is 9.25. The first-order valence-corrected chi connectivity index (χ1v) is 8.02. The highest BCUT2D eigenvalue weighted by Crippen LogP contribution is 2.09. The average molecular weight is 294 g/mol. The molecule has 0 aliphatic rings. The van der Waals surface area contributed by atoms with Crippen LogP contribution in [0.3, 0.4) is 0 Å². The summed E-state index contributed by atoms with van der Waals surface area (Å²) < 4.78 is 24.0. The van der Waals surface area contributed by atoms with Gasteiger partial charge in [0.25, 0.3) is 0 Å². The van der Waals surface area contributed by atoms with Crippen molar-refractivity contribution >= 4 is 15.7 Å². The smallest absolute Gasteiger partial charge is 0.237 e. The molecule has 108 valence electrons. The van der Waals surface area contributed by atoms with E-state index in [4.69, 9.17) is 5.26 Å². The fourth-order valence-corrected chi connectivity index (χ4v) is 2.94. The van der Waals surface area contributed by atoms with Gasteiger partial charge in [-0.15, -0.1) is 0 Å². The van der Waals surface area contributed by atoms with E-state index >= 15 is 0 Å². The van der Waals surface area contributed by atoms with Crippen molar-refractivity contribution in [2.45, 2.75) is 25.6 Å². The Kier molecular flexibility index (Phi) is 5.28. The lowest BCUT2D eigenvalue weighted by molar-refractivity contribution is -0.128. The van der Waals surface area contributed by atoms with Crippen LogP contribution in [0.2, 0.25) is 0 Å². The second-order valence-corrected chi connectivity index (χ2v) is 7.00. The molecule has 1 aromatic rings. The van der Waals surface area contributed by atoms with Crippen molar-refractivity contribution in [2.75, 3.05) is 12.8 Å². The van der Waals surface area contributed by atoms with Gasteiger partial charge in [0.15, 0.2) is 9.84 Å². The summed E-state index contributed by atoms with van der Waals surface area (Å²) in [7, 11) is -1.92. The van der Waals surface area contributed by atoms with E-state index in [1.807, 2.05) is 19.9 Å². The summed E-state index contributed by atoms with van der Waals surface area (Å²) in [5.74, 6) is -1.11. The molecule has 0 atom stereocenters. The van der Waals surface area contributed by atoms with Gasteiger partial charge in [-0.25, -0.2) is 8.42 Å². The maximum absolute atomic E-state index is 12.0. The minimum absolute atomic E-state index is 0.0346. The van der Waals surface area contributed by atoms with Crippen molar-refractivity contribution in [3.05, 3.63) is 35.4 Å². The van der Waals surface area contributed by atoms with Gasteiger partial charge in [0.05, 0.1) is 17.4 Å². The first kappa shape index (κ1) is 16.2. The molecule has 0 unspecified atom stereocenters. The predicted molar refractivity (Wildman–Crippen MR) is 76.6 cm³/mol. The van der Waals surface area contributed by atoms with E-state index in [9.17, 15) is 13.2 Å². The Bertz CT molecular complexity index is 613. The quantitative estimate of drug-likeness (QED) is 0.821. The van der Waals surface area contributed by atoms with E-state index in [2.05, 4.69) is 0 Å². The monoisotopic (exact) mass is 294 g/mol. The van der Waals surface area contributed by atoms with Gasteiger partial charge in [0.2, 0.25) is 5.91 Å². The lowest BCUT2D eigenvalue weighted by Crippen LogP contribution is -2.37. The summed E-state index contributed by atoms with van der Waals surface area (Å²) in [6, 6.07) is 8.24. The zero-order valence-electron chi connectivity index (χ0n) is 11.8. The summed E-state index contributed by atoms with van der Waals surface area (Å²) in [4.78, 5) is 13.2. The van der Waals surface area contributed by atoms with E-state index in [1.165, 1.54) is 4.90 Å². The highest BCUT2D eigenvalue weighted by molar-refractivity contribution is 7.91. The van der Waals surface area contributed by atoms with Crippen LogP contribution in [0.5, 0.6) is 0 Å². The number of carbonyl (C=O) groups excluding carboxylic acids is 1. The molecule has 1 aromatic carbocycles. The predicted octanol–water partition coefficient (Wildman–Crippen LogP) is 1.34. The van der Waals surface area contributed by atoms with Crippen LogP contribution in [0, 0.1) is 11.3 Å². The molecule has 6 heteroatoms. The molecule has 5 nitrogen and oxygen atoms in total. The third-order valence-corrected chi connectivity index (χ3v) is 4.44. The summed E-state index contributed by atoms with van der Waals surface area (Å²) in [5, 5.41) is 8.67. The Morgan fingerprint density at radius 3 is 2.30 bits per heavy atom. The average Bonchev–Trinajstić information content (AvgIpc) is 2.37. The standard InChI is InChI=1S/C14H18N2O3S/c1-11(2)16(3)14(17)10-20(18,19)9-13-6-4-12(8-15)5-7-13/h4-7,11H,9-10H2,1-3H3. The second-order valence-electron chi connectivity index (χ2n) is 4.94. The molecular formula is C14H18N2O3S. The highest BCUT2D eigenvalue weighted by atomic mass is 32.2. The third kappa shape index (κ3) is 4.67. The highest BCUT2D eigenvalue weighted by Gasteiger charge is 2.21. The molecule has 1 rings (SSSR count). The summed E-state index contributed by atoms with van der Waals surface area (Å²) in [5.41, 5.74) is 1.05. The molecule has 0 heterocycles. The van der Waals surface area contributed by atoms with Crippen molar-refractivity contribution in [3.63, 3.8) is 0 Å². The van der Waals surface area contributed by atoms with Crippen LogP contribution < -0.4 is 0 Å². The van der Waals surface area contributed by atoms with Gasteiger partial charge >= 0.3 is 0 Å². The number of nitrogens with zero attached hydrogens (tertiary/aromatic N) is 2. The zero-order chi connectivity index (χ0) is 15.3. The van der Waals surface area contributed by atoms with Crippen LogP contribution >= 0.6 is 0 Å². The molecule has 0 saturated carbocycles. The fourth-order valence-electron chi connectivity index (χ4n) is 1.56. The minimum atomic E-state index is -3.51. The maximum Gasteiger partial charge on any atom is 0.237 e. The third-order valence-electron chi connectivity index (χ3n) is 2.98. The van der Waals surface area contributed by atoms with Crippen molar-refractivity contribution in [3.8, 4) is 6.07 Å². The van der Waals surface area contributed by atoms with Gasteiger partial charge < -0.3 is 4.90 Å². The van der Waals surface area contributed by atoms with Gasteiger partial charge in [-0.05, 0) is 31.5 Å². The number of rotatable bonds is 5. The van der Waals surface area contributed by atoms with Crippen molar-refractivity contribution < 1.29 is 13.2 Å². The number of hydrogen-bond acceptors (Lipinski definition) is 4. The SMILES string of the molecule is CC(C)N(C)C(=O)CS(=O)(=O)Cc1ccc(C#N)cc1. The molecule has 0 saturated heterocycles. The number of hydrogen-bond donors (Lipinski definition) is 0. The Balaban J connectivity index is 2.75.